The van der Waals surface area contributed by atoms with E-state index in [2.05, 4.69) is 15.2 Å². The number of halogens is 6. The SMILES string of the molecule is CC(F)(F)c1nc(C(F)(F)F)cn1-c1cc(Cl)c2[nH]ncc2c1. The Kier molecular flexibility index (Phi) is 3.36. The van der Waals surface area contributed by atoms with Crippen LogP contribution in [0.4, 0.5) is 22.0 Å². The van der Waals surface area contributed by atoms with Gasteiger partial charge in [-0.25, -0.2) is 4.98 Å². The lowest BCUT2D eigenvalue weighted by Crippen LogP contribution is -2.15. The number of aromatic amines is 1. The Bertz CT molecular complexity index is 875. The van der Waals surface area contributed by atoms with Crippen molar-refractivity contribution in [2.24, 2.45) is 0 Å². The summed E-state index contributed by atoms with van der Waals surface area (Å²) < 4.78 is 66.4. The van der Waals surface area contributed by atoms with Crippen LogP contribution >= 0.6 is 11.6 Å². The summed E-state index contributed by atoms with van der Waals surface area (Å²) in [5.74, 6) is -4.59. The molecule has 23 heavy (non-hydrogen) atoms. The second-order valence-corrected chi connectivity index (χ2v) is 5.37. The maximum absolute atomic E-state index is 13.7. The van der Waals surface area contributed by atoms with Crippen LogP contribution < -0.4 is 0 Å². The van der Waals surface area contributed by atoms with Crippen molar-refractivity contribution >= 4 is 22.5 Å². The number of hydrogen-bond donors (Lipinski definition) is 1. The molecule has 0 unspecified atom stereocenters. The highest BCUT2D eigenvalue weighted by molar-refractivity contribution is 6.35. The largest absolute Gasteiger partial charge is 0.434 e. The van der Waals surface area contributed by atoms with Crippen LogP contribution in [-0.4, -0.2) is 19.7 Å². The molecule has 0 fully saturated rings. The van der Waals surface area contributed by atoms with Crippen LogP contribution in [0.1, 0.15) is 18.4 Å². The van der Waals surface area contributed by atoms with Crippen molar-refractivity contribution in [3.05, 3.63) is 41.1 Å². The van der Waals surface area contributed by atoms with Gasteiger partial charge in [0, 0.05) is 24.2 Å². The van der Waals surface area contributed by atoms with Gasteiger partial charge in [-0.05, 0) is 12.1 Å². The van der Waals surface area contributed by atoms with E-state index in [1.165, 1.54) is 18.3 Å². The van der Waals surface area contributed by atoms with E-state index in [4.69, 9.17) is 11.6 Å². The summed E-state index contributed by atoms with van der Waals surface area (Å²) in [5, 5.41) is 6.97. The molecule has 0 aliphatic rings. The summed E-state index contributed by atoms with van der Waals surface area (Å²) in [4.78, 5) is 3.05. The highest BCUT2D eigenvalue weighted by Crippen LogP contribution is 2.35. The molecular formula is C13H8ClF5N4. The number of fused-ring (bicyclic) bond motifs is 1. The van der Waals surface area contributed by atoms with Crippen molar-refractivity contribution < 1.29 is 22.0 Å². The van der Waals surface area contributed by atoms with Gasteiger partial charge in [0.15, 0.2) is 11.5 Å². The standard InChI is InChI=1S/C13H8ClF5N4/c1-12(15,16)11-21-9(13(17,18)19)5-23(11)7-2-6-4-20-22-10(6)8(14)3-7/h2-5H,1H3,(H,20,22). The fraction of sp³-hybridized carbons (Fsp3) is 0.231. The number of aromatic nitrogens is 4. The van der Waals surface area contributed by atoms with E-state index >= 15 is 0 Å². The van der Waals surface area contributed by atoms with Gasteiger partial charge in [-0.15, -0.1) is 0 Å². The molecule has 0 amide bonds. The van der Waals surface area contributed by atoms with Crippen molar-refractivity contribution in [3.8, 4) is 5.69 Å². The molecule has 10 heteroatoms. The zero-order valence-corrected chi connectivity index (χ0v) is 12.2. The topological polar surface area (TPSA) is 46.5 Å². The van der Waals surface area contributed by atoms with E-state index in [-0.39, 0.29) is 10.7 Å². The minimum Gasteiger partial charge on any atom is -0.298 e. The van der Waals surface area contributed by atoms with Gasteiger partial charge in [0.05, 0.1) is 16.7 Å². The zero-order chi connectivity index (χ0) is 17.0. The van der Waals surface area contributed by atoms with E-state index in [0.29, 0.717) is 28.6 Å². The molecule has 4 nitrogen and oxygen atoms in total. The van der Waals surface area contributed by atoms with Gasteiger partial charge in [0.1, 0.15) is 0 Å². The first-order chi connectivity index (χ1) is 10.6. The van der Waals surface area contributed by atoms with Gasteiger partial charge in [0.25, 0.3) is 0 Å². The molecule has 2 heterocycles. The third-order valence-corrected chi connectivity index (χ3v) is 3.45. The van der Waals surface area contributed by atoms with Crippen LogP contribution in [0.5, 0.6) is 0 Å². The second-order valence-electron chi connectivity index (χ2n) is 4.97. The van der Waals surface area contributed by atoms with Crippen LogP contribution in [0.2, 0.25) is 5.02 Å². The first kappa shape index (κ1) is 15.7. The quantitative estimate of drug-likeness (QED) is 0.690. The van der Waals surface area contributed by atoms with Gasteiger partial charge in [0.2, 0.25) is 0 Å². The molecule has 0 aliphatic carbocycles. The van der Waals surface area contributed by atoms with Gasteiger partial charge >= 0.3 is 12.1 Å². The van der Waals surface area contributed by atoms with Crippen molar-refractivity contribution in [2.45, 2.75) is 19.0 Å². The Morgan fingerprint density at radius 3 is 2.48 bits per heavy atom. The summed E-state index contributed by atoms with van der Waals surface area (Å²) in [7, 11) is 0. The van der Waals surface area contributed by atoms with E-state index < -0.39 is 23.6 Å². The molecule has 122 valence electrons. The van der Waals surface area contributed by atoms with Gasteiger partial charge in [-0.3, -0.25) is 9.67 Å². The molecule has 2 aromatic heterocycles. The molecule has 0 saturated carbocycles. The highest BCUT2D eigenvalue weighted by Gasteiger charge is 2.39. The van der Waals surface area contributed by atoms with Crippen LogP contribution in [0, 0.1) is 0 Å². The average Bonchev–Trinajstić information content (AvgIpc) is 3.03. The summed E-state index contributed by atoms with van der Waals surface area (Å²) in [6.07, 6.45) is -2.94. The minimum absolute atomic E-state index is 0.0309. The third-order valence-electron chi connectivity index (χ3n) is 3.15. The number of nitrogens with zero attached hydrogens (tertiary/aromatic N) is 3. The Morgan fingerprint density at radius 1 is 1.17 bits per heavy atom. The van der Waals surface area contributed by atoms with Crippen LogP contribution in [0.15, 0.2) is 24.5 Å². The zero-order valence-electron chi connectivity index (χ0n) is 11.4. The summed E-state index contributed by atoms with van der Waals surface area (Å²) in [6, 6.07) is 2.65. The summed E-state index contributed by atoms with van der Waals surface area (Å²) in [5.41, 5.74) is -0.919. The maximum atomic E-state index is 13.7. The molecule has 3 aromatic rings. The number of hydrogen-bond acceptors (Lipinski definition) is 2. The Balaban J connectivity index is 2.26. The van der Waals surface area contributed by atoms with Gasteiger partial charge in [-0.2, -0.15) is 27.1 Å². The molecule has 1 aromatic carbocycles. The number of benzene rings is 1. The lowest BCUT2D eigenvalue weighted by atomic mass is 10.2. The van der Waals surface area contributed by atoms with E-state index in [1.54, 1.807) is 0 Å². The Labute approximate surface area is 130 Å². The normalized spacial score (nSPS) is 13.0. The van der Waals surface area contributed by atoms with Crippen molar-refractivity contribution in [1.29, 1.82) is 0 Å². The minimum atomic E-state index is -4.84. The van der Waals surface area contributed by atoms with Gasteiger partial charge < -0.3 is 0 Å². The monoisotopic (exact) mass is 350 g/mol. The van der Waals surface area contributed by atoms with E-state index in [9.17, 15) is 22.0 Å². The molecule has 3 rings (SSSR count). The predicted octanol–water partition coefficient (Wildman–Crippen LogP) is 4.53. The third kappa shape index (κ3) is 2.76. The number of H-pyrrole nitrogens is 1. The van der Waals surface area contributed by atoms with Crippen LogP contribution in [-0.2, 0) is 12.1 Å². The highest BCUT2D eigenvalue weighted by atomic mass is 35.5. The van der Waals surface area contributed by atoms with Crippen molar-refractivity contribution in [2.75, 3.05) is 0 Å². The summed E-state index contributed by atoms with van der Waals surface area (Å²) in [6.45, 7) is 0.476. The molecule has 0 spiro atoms. The molecule has 0 radical (unpaired) electrons. The molecule has 0 atom stereocenters. The first-order valence-corrected chi connectivity index (χ1v) is 6.63. The number of alkyl halides is 5. The predicted molar refractivity (Wildman–Crippen MR) is 72.8 cm³/mol. The average molecular weight is 351 g/mol. The molecule has 0 bridgehead atoms. The van der Waals surface area contributed by atoms with Gasteiger partial charge in [-0.1, -0.05) is 11.6 Å². The fourth-order valence-corrected chi connectivity index (χ4v) is 2.42. The van der Waals surface area contributed by atoms with E-state index in [0.717, 1.165) is 0 Å². The summed E-state index contributed by atoms with van der Waals surface area (Å²) >= 11 is 6.00. The van der Waals surface area contributed by atoms with E-state index in [1.807, 2.05) is 0 Å². The van der Waals surface area contributed by atoms with Crippen LogP contribution in [0.3, 0.4) is 0 Å². The number of imidazole rings is 1. The molecule has 0 aliphatic heterocycles. The Morgan fingerprint density at radius 2 is 1.87 bits per heavy atom. The van der Waals surface area contributed by atoms with Crippen molar-refractivity contribution in [1.82, 2.24) is 19.7 Å². The smallest absolute Gasteiger partial charge is 0.298 e. The van der Waals surface area contributed by atoms with Crippen molar-refractivity contribution in [3.63, 3.8) is 0 Å². The van der Waals surface area contributed by atoms with Crippen LogP contribution in [0.25, 0.3) is 16.6 Å². The fourth-order valence-electron chi connectivity index (χ4n) is 2.16. The lowest BCUT2D eigenvalue weighted by molar-refractivity contribution is -0.141. The first-order valence-electron chi connectivity index (χ1n) is 6.25. The maximum Gasteiger partial charge on any atom is 0.434 e. The Hall–Kier alpha value is -2.16. The molecule has 0 saturated heterocycles. The number of rotatable bonds is 2. The lowest BCUT2D eigenvalue weighted by Gasteiger charge is -2.13. The second kappa shape index (κ2) is 4.92. The molecule has 1 N–H and O–H groups in total. The molecular weight excluding hydrogens is 343 g/mol. The number of nitrogens with one attached hydrogen (secondary N) is 1.